The van der Waals surface area contributed by atoms with Crippen molar-refractivity contribution in [2.24, 2.45) is 0 Å². The van der Waals surface area contributed by atoms with Gasteiger partial charge in [0, 0.05) is 19.1 Å². The van der Waals surface area contributed by atoms with Crippen LogP contribution in [0, 0.1) is 0 Å². The number of nitrogens with zero attached hydrogens (tertiary/aromatic N) is 1. The predicted octanol–water partition coefficient (Wildman–Crippen LogP) is 1.41. The summed E-state index contributed by atoms with van der Waals surface area (Å²) in [6, 6.07) is -0.547. The topological polar surface area (TPSA) is 81.7 Å². The third-order valence-corrected chi connectivity index (χ3v) is 3.56. The Kier molecular flexibility index (Phi) is 8.02. The molecule has 6 heteroatoms. The molecule has 1 unspecified atom stereocenters. The van der Waals surface area contributed by atoms with Gasteiger partial charge in [0.25, 0.3) is 0 Å². The van der Waals surface area contributed by atoms with Crippen molar-refractivity contribution < 1.29 is 14.7 Å². The molecule has 0 radical (unpaired) electrons. The number of amides is 2. The van der Waals surface area contributed by atoms with Crippen molar-refractivity contribution in [3.05, 3.63) is 0 Å². The molecule has 20 heavy (non-hydrogen) atoms. The van der Waals surface area contributed by atoms with Gasteiger partial charge in [0.05, 0.1) is 6.42 Å². The third-order valence-electron chi connectivity index (χ3n) is 3.56. The van der Waals surface area contributed by atoms with E-state index in [1.165, 1.54) is 19.3 Å². The molecule has 0 bridgehead atoms. The normalized spacial score (nSPS) is 17.4. The fourth-order valence-corrected chi connectivity index (χ4v) is 2.53. The first-order chi connectivity index (χ1) is 9.61. The molecule has 1 aliphatic heterocycles. The van der Waals surface area contributed by atoms with Crippen LogP contribution < -0.4 is 10.6 Å². The average Bonchev–Trinajstić information content (AvgIpc) is 2.39. The van der Waals surface area contributed by atoms with Gasteiger partial charge < -0.3 is 20.6 Å². The van der Waals surface area contributed by atoms with Crippen molar-refractivity contribution in [2.45, 2.75) is 51.5 Å². The quantitative estimate of drug-likeness (QED) is 0.630. The number of rotatable bonds is 8. The van der Waals surface area contributed by atoms with E-state index in [9.17, 15) is 9.59 Å². The lowest BCUT2D eigenvalue weighted by Crippen LogP contribution is -2.45. The van der Waals surface area contributed by atoms with Crippen molar-refractivity contribution in [3.8, 4) is 0 Å². The lowest BCUT2D eigenvalue weighted by atomic mass is 10.1. The van der Waals surface area contributed by atoms with Crippen LogP contribution in [-0.2, 0) is 4.79 Å². The first-order valence-electron chi connectivity index (χ1n) is 7.60. The van der Waals surface area contributed by atoms with E-state index in [4.69, 9.17) is 5.11 Å². The zero-order valence-electron chi connectivity index (χ0n) is 12.4. The highest BCUT2D eigenvalue weighted by molar-refractivity contribution is 5.75. The second-order valence-corrected chi connectivity index (χ2v) is 5.39. The van der Waals surface area contributed by atoms with Gasteiger partial charge in [-0.15, -0.1) is 0 Å². The van der Waals surface area contributed by atoms with E-state index in [0.29, 0.717) is 13.0 Å². The van der Waals surface area contributed by atoms with Gasteiger partial charge in [-0.05, 0) is 32.4 Å². The van der Waals surface area contributed by atoms with E-state index in [-0.39, 0.29) is 18.5 Å². The fourth-order valence-electron chi connectivity index (χ4n) is 2.53. The lowest BCUT2D eigenvalue weighted by molar-refractivity contribution is -0.137. The van der Waals surface area contributed by atoms with Crippen molar-refractivity contribution in [2.75, 3.05) is 26.2 Å². The molecule has 2 amide bonds. The maximum Gasteiger partial charge on any atom is 0.315 e. The number of carboxylic acids is 1. The number of nitrogens with one attached hydrogen (secondary N) is 2. The van der Waals surface area contributed by atoms with E-state index in [0.717, 1.165) is 26.1 Å². The largest absolute Gasteiger partial charge is 0.481 e. The highest BCUT2D eigenvalue weighted by atomic mass is 16.4. The van der Waals surface area contributed by atoms with Gasteiger partial charge in [0.2, 0.25) is 0 Å². The Balaban J connectivity index is 2.18. The summed E-state index contributed by atoms with van der Waals surface area (Å²) in [4.78, 5) is 24.8. The number of hydrogen-bond acceptors (Lipinski definition) is 3. The minimum absolute atomic E-state index is 0.0205. The smallest absolute Gasteiger partial charge is 0.315 e. The van der Waals surface area contributed by atoms with Crippen LogP contribution in [0.15, 0.2) is 0 Å². The van der Waals surface area contributed by atoms with Gasteiger partial charge >= 0.3 is 12.0 Å². The molecular weight excluding hydrogens is 258 g/mol. The summed E-state index contributed by atoms with van der Waals surface area (Å²) in [7, 11) is 0. The van der Waals surface area contributed by atoms with E-state index in [2.05, 4.69) is 15.5 Å². The van der Waals surface area contributed by atoms with Crippen molar-refractivity contribution in [3.63, 3.8) is 0 Å². The maximum absolute atomic E-state index is 11.7. The molecular formula is C14H27N3O3. The molecule has 1 saturated heterocycles. The number of hydrogen-bond donors (Lipinski definition) is 3. The fraction of sp³-hybridized carbons (Fsp3) is 0.857. The number of carboxylic acid groups (broad SMARTS) is 1. The van der Waals surface area contributed by atoms with E-state index in [1.54, 1.807) is 0 Å². The summed E-state index contributed by atoms with van der Waals surface area (Å²) in [5.41, 5.74) is 0. The Morgan fingerprint density at radius 2 is 1.95 bits per heavy atom. The Hall–Kier alpha value is -1.30. The Morgan fingerprint density at radius 1 is 1.25 bits per heavy atom. The standard InChI is InChI=1S/C14H27N3O3/c1-2-6-12(11-13(18)19)16-14(20)15-7-10-17-8-4-3-5-9-17/h12H,2-11H2,1H3,(H,18,19)(H2,15,16,20). The molecule has 1 rings (SSSR count). The summed E-state index contributed by atoms with van der Waals surface area (Å²) in [6.07, 6.45) is 5.30. The van der Waals surface area contributed by atoms with Gasteiger partial charge in [-0.1, -0.05) is 19.8 Å². The number of likely N-dealkylation sites (tertiary alicyclic amines) is 1. The van der Waals surface area contributed by atoms with Gasteiger partial charge in [-0.25, -0.2) is 4.79 Å². The van der Waals surface area contributed by atoms with Crippen LogP contribution in [0.3, 0.4) is 0 Å². The van der Waals surface area contributed by atoms with E-state index in [1.807, 2.05) is 6.92 Å². The molecule has 1 aliphatic rings. The lowest BCUT2D eigenvalue weighted by Gasteiger charge is -2.26. The van der Waals surface area contributed by atoms with Gasteiger partial charge in [0.1, 0.15) is 0 Å². The van der Waals surface area contributed by atoms with Crippen LogP contribution in [0.25, 0.3) is 0 Å². The summed E-state index contributed by atoms with van der Waals surface area (Å²) in [5, 5.41) is 14.3. The summed E-state index contributed by atoms with van der Waals surface area (Å²) < 4.78 is 0. The maximum atomic E-state index is 11.7. The first-order valence-corrected chi connectivity index (χ1v) is 7.60. The van der Waals surface area contributed by atoms with Crippen LogP contribution in [0.4, 0.5) is 4.79 Å². The van der Waals surface area contributed by atoms with Crippen molar-refractivity contribution in [1.82, 2.24) is 15.5 Å². The van der Waals surface area contributed by atoms with E-state index >= 15 is 0 Å². The van der Waals surface area contributed by atoms with Crippen molar-refractivity contribution >= 4 is 12.0 Å². The van der Waals surface area contributed by atoms with Crippen LogP contribution in [0.1, 0.15) is 45.4 Å². The van der Waals surface area contributed by atoms with Gasteiger partial charge in [-0.3, -0.25) is 4.79 Å². The minimum atomic E-state index is -0.878. The zero-order chi connectivity index (χ0) is 14.8. The molecule has 1 atom stereocenters. The van der Waals surface area contributed by atoms with Crippen LogP contribution >= 0.6 is 0 Å². The van der Waals surface area contributed by atoms with E-state index < -0.39 is 5.97 Å². The van der Waals surface area contributed by atoms with Gasteiger partial charge in [-0.2, -0.15) is 0 Å². The predicted molar refractivity (Wildman–Crippen MR) is 77.8 cm³/mol. The second-order valence-electron chi connectivity index (χ2n) is 5.39. The van der Waals surface area contributed by atoms with Gasteiger partial charge in [0.15, 0.2) is 0 Å². The molecule has 1 fully saturated rings. The summed E-state index contributed by atoms with van der Waals surface area (Å²) in [5.74, 6) is -0.878. The molecule has 0 aromatic rings. The minimum Gasteiger partial charge on any atom is -0.481 e. The number of urea groups is 1. The van der Waals surface area contributed by atoms with Crippen LogP contribution in [-0.4, -0.2) is 54.2 Å². The second kappa shape index (κ2) is 9.58. The molecule has 116 valence electrons. The highest BCUT2D eigenvalue weighted by Gasteiger charge is 2.15. The number of aliphatic carboxylic acids is 1. The molecule has 0 spiro atoms. The number of piperidine rings is 1. The monoisotopic (exact) mass is 285 g/mol. The first kappa shape index (κ1) is 16.8. The van der Waals surface area contributed by atoms with Crippen LogP contribution in [0.2, 0.25) is 0 Å². The third kappa shape index (κ3) is 7.33. The highest BCUT2D eigenvalue weighted by Crippen LogP contribution is 2.07. The van der Waals surface area contributed by atoms with Crippen LogP contribution in [0.5, 0.6) is 0 Å². The summed E-state index contributed by atoms with van der Waals surface area (Å²) >= 11 is 0. The number of carbonyl (C=O) groups is 2. The van der Waals surface area contributed by atoms with Crippen molar-refractivity contribution in [1.29, 1.82) is 0 Å². The average molecular weight is 285 g/mol. The number of carbonyl (C=O) groups excluding carboxylic acids is 1. The molecule has 1 heterocycles. The molecule has 0 saturated carbocycles. The molecule has 6 nitrogen and oxygen atoms in total. The Morgan fingerprint density at radius 3 is 2.55 bits per heavy atom. The molecule has 3 N–H and O–H groups in total. The Bertz CT molecular complexity index is 304. The summed E-state index contributed by atoms with van der Waals surface area (Å²) in [6.45, 7) is 5.68. The zero-order valence-corrected chi connectivity index (χ0v) is 12.4. The molecule has 0 aliphatic carbocycles. The SMILES string of the molecule is CCCC(CC(=O)O)NC(=O)NCCN1CCCCC1. The molecule has 0 aromatic heterocycles. The Labute approximate surface area is 120 Å². The molecule has 0 aromatic carbocycles.